The third kappa shape index (κ3) is 5.81. The van der Waals surface area contributed by atoms with Crippen LogP contribution in [-0.4, -0.2) is 6.61 Å². The summed E-state index contributed by atoms with van der Waals surface area (Å²) in [7, 11) is 0. The minimum Gasteiger partial charge on any atom is -0.493 e. The number of rotatable bonds is 9. The molecule has 3 aromatic rings. The molecule has 0 N–H and O–H groups in total. The second-order valence-corrected chi connectivity index (χ2v) is 7.88. The Balaban J connectivity index is 1.71. The molecule has 0 saturated carbocycles. The maximum absolute atomic E-state index is 6.04. The lowest BCUT2D eigenvalue weighted by atomic mass is 9.95. The van der Waals surface area contributed by atoms with Gasteiger partial charge in [-0.1, -0.05) is 81.3 Å². The van der Waals surface area contributed by atoms with Gasteiger partial charge in [-0.15, -0.1) is 12.8 Å². The second kappa shape index (κ2) is 11.1. The Morgan fingerprint density at radius 3 is 2.03 bits per heavy atom. The summed E-state index contributed by atoms with van der Waals surface area (Å²) in [4.78, 5) is 0. The predicted octanol–water partition coefficient (Wildman–Crippen LogP) is 7.58. The molecule has 0 aliphatic carbocycles. The fourth-order valence-corrected chi connectivity index (χ4v) is 3.70. The van der Waals surface area contributed by atoms with Crippen LogP contribution in [0.2, 0.25) is 0 Å². The number of hydrogen-bond donors (Lipinski definition) is 0. The summed E-state index contributed by atoms with van der Waals surface area (Å²) in [6, 6.07) is 22.5. The highest BCUT2D eigenvalue weighted by molar-refractivity contribution is 5.75. The van der Waals surface area contributed by atoms with Crippen LogP contribution in [0.5, 0.6) is 5.75 Å². The van der Waals surface area contributed by atoms with Crippen LogP contribution in [0.15, 0.2) is 66.7 Å². The fraction of sp³-hybridized carbons (Fsp3) is 0.267. The van der Waals surface area contributed by atoms with Gasteiger partial charge >= 0.3 is 0 Å². The van der Waals surface area contributed by atoms with Crippen molar-refractivity contribution >= 4 is 0 Å². The Labute approximate surface area is 187 Å². The Kier molecular flexibility index (Phi) is 7.98. The maximum atomic E-state index is 6.04. The summed E-state index contributed by atoms with van der Waals surface area (Å²) in [6.07, 6.45) is 16.1. The lowest BCUT2D eigenvalue weighted by Crippen LogP contribution is -2.11. The van der Waals surface area contributed by atoms with Gasteiger partial charge in [-0.05, 0) is 64.9 Å². The quantitative estimate of drug-likeness (QED) is 0.333. The van der Waals surface area contributed by atoms with E-state index in [0.717, 1.165) is 52.2 Å². The van der Waals surface area contributed by atoms with Crippen molar-refractivity contribution in [2.75, 3.05) is 6.61 Å². The van der Waals surface area contributed by atoms with Crippen molar-refractivity contribution in [3.63, 3.8) is 0 Å². The molecule has 3 rings (SSSR count). The number of ether oxygens (including phenoxy) is 1. The van der Waals surface area contributed by atoms with Crippen LogP contribution in [0.1, 0.15) is 50.7 Å². The predicted molar refractivity (Wildman–Crippen MR) is 132 cm³/mol. The van der Waals surface area contributed by atoms with Crippen molar-refractivity contribution < 1.29 is 4.74 Å². The van der Waals surface area contributed by atoms with Crippen LogP contribution >= 0.6 is 0 Å². The van der Waals surface area contributed by atoms with Gasteiger partial charge in [0.2, 0.25) is 0 Å². The fourth-order valence-electron chi connectivity index (χ4n) is 3.70. The summed E-state index contributed by atoms with van der Waals surface area (Å²) >= 11 is 0. The third-order valence-electron chi connectivity index (χ3n) is 5.75. The molecule has 31 heavy (non-hydrogen) atoms. The number of unbranched alkanes of at least 4 members (excludes halogenated alkanes) is 1. The van der Waals surface area contributed by atoms with E-state index in [9.17, 15) is 0 Å². The van der Waals surface area contributed by atoms with E-state index in [1.54, 1.807) is 0 Å². The first-order chi connectivity index (χ1) is 15.2. The van der Waals surface area contributed by atoms with Crippen molar-refractivity contribution in [3.8, 4) is 52.7 Å². The standard InChI is InChI=1S/C30H30O/c1-5-9-10-24(7-3)22-31-29-19-17-27(18-20-29)26-13-15-28(16-14-26)30-21-23(6-2)11-12-25(30)8-4/h2,4,11-21,24H,5,7,9-10,22H2,1,3H3. The minimum atomic E-state index is 0.632. The van der Waals surface area contributed by atoms with Crippen molar-refractivity contribution in [1.29, 1.82) is 0 Å². The van der Waals surface area contributed by atoms with Gasteiger partial charge in [0.25, 0.3) is 0 Å². The maximum Gasteiger partial charge on any atom is 0.119 e. The van der Waals surface area contributed by atoms with Gasteiger partial charge in [0.15, 0.2) is 0 Å². The summed E-state index contributed by atoms with van der Waals surface area (Å²) < 4.78 is 6.04. The molecule has 1 nitrogen and oxygen atoms in total. The Morgan fingerprint density at radius 2 is 1.45 bits per heavy atom. The van der Waals surface area contributed by atoms with Crippen LogP contribution in [0.3, 0.4) is 0 Å². The highest BCUT2D eigenvalue weighted by atomic mass is 16.5. The molecule has 1 heteroatoms. The molecular formula is C30H30O. The molecular weight excluding hydrogens is 376 g/mol. The third-order valence-corrected chi connectivity index (χ3v) is 5.75. The molecule has 1 atom stereocenters. The SMILES string of the molecule is C#Cc1ccc(C#C)c(-c2ccc(-c3ccc(OCC(CC)CCCC)cc3)cc2)c1. The zero-order valence-electron chi connectivity index (χ0n) is 18.5. The van der Waals surface area contributed by atoms with Crippen LogP contribution < -0.4 is 4.74 Å². The van der Waals surface area contributed by atoms with E-state index in [2.05, 4.69) is 74.2 Å². The molecule has 0 spiro atoms. The van der Waals surface area contributed by atoms with E-state index >= 15 is 0 Å². The van der Waals surface area contributed by atoms with Gasteiger partial charge < -0.3 is 4.74 Å². The molecule has 0 aliphatic heterocycles. The van der Waals surface area contributed by atoms with Crippen molar-refractivity contribution in [2.24, 2.45) is 5.92 Å². The van der Waals surface area contributed by atoms with E-state index in [1.165, 1.54) is 19.3 Å². The van der Waals surface area contributed by atoms with Crippen LogP contribution in [0, 0.1) is 30.6 Å². The summed E-state index contributed by atoms with van der Waals surface area (Å²) in [5.74, 6) is 6.99. The van der Waals surface area contributed by atoms with Gasteiger partial charge in [0, 0.05) is 11.1 Å². The van der Waals surface area contributed by atoms with Crippen molar-refractivity contribution in [2.45, 2.75) is 39.5 Å². The molecule has 0 radical (unpaired) electrons. The van der Waals surface area contributed by atoms with E-state index in [4.69, 9.17) is 17.6 Å². The Morgan fingerprint density at radius 1 is 0.806 bits per heavy atom. The van der Waals surface area contributed by atoms with Crippen molar-refractivity contribution in [1.82, 2.24) is 0 Å². The van der Waals surface area contributed by atoms with Crippen LogP contribution in [-0.2, 0) is 0 Å². The molecule has 3 aromatic carbocycles. The topological polar surface area (TPSA) is 9.23 Å². The lowest BCUT2D eigenvalue weighted by Gasteiger charge is -2.15. The zero-order valence-corrected chi connectivity index (χ0v) is 18.5. The normalized spacial score (nSPS) is 11.4. The van der Waals surface area contributed by atoms with Gasteiger partial charge in [-0.2, -0.15) is 0 Å². The highest BCUT2D eigenvalue weighted by Crippen LogP contribution is 2.29. The molecule has 0 saturated heterocycles. The van der Waals surface area contributed by atoms with Crippen molar-refractivity contribution in [3.05, 3.63) is 77.9 Å². The smallest absolute Gasteiger partial charge is 0.119 e. The summed E-state index contributed by atoms with van der Waals surface area (Å²) in [6.45, 7) is 5.27. The minimum absolute atomic E-state index is 0.632. The first kappa shape index (κ1) is 22.3. The van der Waals surface area contributed by atoms with E-state index in [-0.39, 0.29) is 0 Å². The molecule has 1 unspecified atom stereocenters. The highest BCUT2D eigenvalue weighted by Gasteiger charge is 2.08. The Hall–Kier alpha value is -3.42. The van der Waals surface area contributed by atoms with Gasteiger partial charge in [0.05, 0.1) is 6.61 Å². The molecule has 0 aromatic heterocycles. The zero-order chi connectivity index (χ0) is 22.1. The molecule has 0 fully saturated rings. The molecule has 0 bridgehead atoms. The van der Waals surface area contributed by atoms with Gasteiger partial charge in [-0.3, -0.25) is 0 Å². The largest absolute Gasteiger partial charge is 0.493 e. The van der Waals surface area contributed by atoms with Gasteiger partial charge in [-0.25, -0.2) is 0 Å². The lowest BCUT2D eigenvalue weighted by molar-refractivity contribution is 0.233. The van der Waals surface area contributed by atoms with Gasteiger partial charge in [0.1, 0.15) is 5.75 Å². The molecule has 0 heterocycles. The average molecular weight is 407 g/mol. The number of hydrogen-bond acceptors (Lipinski definition) is 1. The van der Waals surface area contributed by atoms with E-state index in [1.807, 2.05) is 18.2 Å². The van der Waals surface area contributed by atoms with E-state index in [0.29, 0.717) is 5.92 Å². The van der Waals surface area contributed by atoms with Crippen LogP contribution in [0.4, 0.5) is 0 Å². The summed E-state index contributed by atoms with van der Waals surface area (Å²) in [5, 5.41) is 0. The molecule has 0 aliphatic rings. The first-order valence-electron chi connectivity index (χ1n) is 11.1. The van der Waals surface area contributed by atoms with E-state index < -0.39 is 0 Å². The molecule has 156 valence electrons. The number of terminal acetylenes is 2. The number of benzene rings is 3. The first-order valence-corrected chi connectivity index (χ1v) is 11.1. The average Bonchev–Trinajstić information content (AvgIpc) is 2.84. The monoisotopic (exact) mass is 406 g/mol. The summed E-state index contributed by atoms with van der Waals surface area (Å²) in [5.41, 5.74) is 6.03. The second-order valence-electron chi connectivity index (χ2n) is 7.88. The Bertz CT molecular complexity index is 1060. The molecule has 0 amide bonds. The van der Waals surface area contributed by atoms with Crippen LogP contribution in [0.25, 0.3) is 22.3 Å².